The molecule has 0 radical (unpaired) electrons. The predicted octanol–water partition coefficient (Wildman–Crippen LogP) is 3.41. The first-order chi connectivity index (χ1) is 8.70. The van der Waals surface area contributed by atoms with Gasteiger partial charge in [-0.2, -0.15) is 0 Å². The topological polar surface area (TPSA) is 51.6 Å². The maximum atomic E-state index is 4.12. The van der Waals surface area contributed by atoms with E-state index < -0.39 is 0 Å². The Morgan fingerprint density at radius 3 is 1.78 bits per heavy atom. The Morgan fingerprint density at radius 2 is 1.50 bits per heavy atom. The second-order valence-corrected chi connectivity index (χ2v) is 3.58. The number of rotatable bonds is 1. The Hall–Kier alpha value is -1.84. The molecule has 2 heterocycles. The van der Waals surface area contributed by atoms with E-state index in [0.29, 0.717) is 5.92 Å². The maximum absolute atomic E-state index is 4.12. The third kappa shape index (κ3) is 7.44. The van der Waals surface area contributed by atoms with Gasteiger partial charge in [-0.25, -0.2) is 9.97 Å². The molecule has 2 rings (SSSR count). The quantitative estimate of drug-likeness (QED) is 0.773. The average molecular weight is 246 g/mol. The molecular weight excluding hydrogens is 224 g/mol. The van der Waals surface area contributed by atoms with Crippen molar-refractivity contribution in [3.05, 3.63) is 48.6 Å². The number of aromatic nitrogens is 4. The van der Waals surface area contributed by atoms with Crippen molar-refractivity contribution in [2.24, 2.45) is 0 Å². The van der Waals surface area contributed by atoms with E-state index in [0.717, 1.165) is 11.5 Å². The van der Waals surface area contributed by atoms with Crippen molar-refractivity contribution >= 4 is 0 Å². The molecule has 0 fully saturated rings. The Kier molecular flexibility index (Phi) is 9.27. The maximum Gasteiger partial charge on any atom is 0.125 e. The van der Waals surface area contributed by atoms with E-state index in [9.17, 15) is 0 Å². The van der Waals surface area contributed by atoms with Crippen LogP contribution >= 0.6 is 0 Å². The number of aryl methyl sites for hydroxylation is 1. The Labute approximate surface area is 110 Å². The molecule has 0 saturated carbocycles. The Morgan fingerprint density at radius 1 is 0.889 bits per heavy atom. The molecule has 0 aliphatic heterocycles. The van der Waals surface area contributed by atoms with Crippen molar-refractivity contribution in [1.82, 2.24) is 19.9 Å². The van der Waals surface area contributed by atoms with Gasteiger partial charge in [0.15, 0.2) is 0 Å². The molecule has 4 nitrogen and oxygen atoms in total. The summed E-state index contributed by atoms with van der Waals surface area (Å²) < 4.78 is 0. The lowest BCUT2D eigenvalue weighted by Gasteiger charge is -1.99. The Balaban J connectivity index is 0.000000289. The summed E-state index contributed by atoms with van der Waals surface area (Å²) in [5.41, 5.74) is 1.05. The van der Waals surface area contributed by atoms with E-state index in [1.165, 1.54) is 0 Å². The molecule has 2 aromatic heterocycles. The fourth-order valence-electron chi connectivity index (χ4n) is 0.982. The van der Waals surface area contributed by atoms with Gasteiger partial charge in [-0.05, 0) is 18.9 Å². The summed E-state index contributed by atoms with van der Waals surface area (Å²) in [6, 6.07) is 1.80. The lowest BCUT2D eigenvalue weighted by atomic mass is 10.1. The zero-order valence-corrected chi connectivity index (χ0v) is 11.8. The fourth-order valence-corrected chi connectivity index (χ4v) is 0.982. The van der Waals surface area contributed by atoms with Crippen LogP contribution in [0.15, 0.2) is 37.1 Å². The fraction of sp³-hybridized carbons (Fsp3) is 0.429. The summed E-state index contributed by atoms with van der Waals surface area (Å²) in [4.78, 5) is 15.8. The minimum atomic E-state index is 0.485. The van der Waals surface area contributed by atoms with Gasteiger partial charge in [-0.15, -0.1) is 0 Å². The van der Waals surface area contributed by atoms with E-state index >= 15 is 0 Å². The summed E-state index contributed by atoms with van der Waals surface area (Å²) >= 11 is 0. The van der Waals surface area contributed by atoms with Crippen molar-refractivity contribution in [3.63, 3.8) is 0 Å². The minimum absolute atomic E-state index is 0.485. The number of nitrogens with zero attached hydrogens (tertiary/aromatic N) is 4. The van der Waals surface area contributed by atoms with Crippen LogP contribution in [0, 0.1) is 6.92 Å². The van der Waals surface area contributed by atoms with Crippen LogP contribution in [-0.2, 0) is 0 Å². The lowest BCUT2D eigenvalue weighted by Crippen LogP contribution is -1.91. The molecule has 4 heteroatoms. The molecule has 0 bridgehead atoms. The van der Waals surface area contributed by atoms with Gasteiger partial charge in [0.2, 0.25) is 0 Å². The van der Waals surface area contributed by atoms with Crippen LogP contribution in [0.1, 0.15) is 45.1 Å². The zero-order valence-electron chi connectivity index (χ0n) is 11.8. The molecule has 0 aromatic carbocycles. The summed E-state index contributed by atoms with van der Waals surface area (Å²) in [7, 11) is 0. The van der Waals surface area contributed by atoms with Gasteiger partial charge >= 0.3 is 0 Å². The highest BCUT2D eigenvalue weighted by atomic mass is 14.8. The van der Waals surface area contributed by atoms with Gasteiger partial charge in [-0.1, -0.05) is 27.7 Å². The van der Waals surface area contributed by atoms with Crippen molar-refractivity contribution in [2.75, 3.05) is 0 Å². The number of hydrogen-bond acceptors (Lipinski definition) is 4. The van der Waals surface area contributed by atoms with Crippen LogP contribution in [0.3, 0.4) is 0 Å². The summed E-state index contributed by atoms with van der Waals surface area (Å²) in [5.74, 6) is 1.31. The van der Waals surface area contributed by atoms with Crippen LogP contribution in [-0.4, -0.2) is 19.9 Å². The monoisotopic (exact) mass is 246 g/mol. The lowest BCUT2D eigenvalue weighted by molar-refractivity contribution is 0.812. The van der Waals surface area contributed by atoms with Gasteiger partial charge in [-0.3, -0.25) is 9.97 Å². The first-order valence-corrected chi connectivity index (χ1v) is 6.19. The van der Waals surface area contributed by atoms with Gasteiger partial charge < -0.3 is 0 Å². The zero-order chi connectivity index (χ0) is 13.8. The SMILES string of the molecule is CC.CC(C)c1cnccn1.Cc1ncccn1. The van der Waals surface area contributed by atoms with Gasteiger partial charge in [0.1, 0.15) is 5.82 Å². The molecule has 0 saturated heterocycles. The summed E-state index contributed by atoms with van der Waals surface area (Å²) in [6.45, 7) is 10.1. The molecule has 2 aromatic rings. The third-order valence-corrected chi connectivity index (χ3v) is 1.87. The van der Waals surface area contributed by atoms with Crippen LogP contribution in [0.4, 0.5) is 0 Å². The highest BCUT2D eigenvalue weighted by Crippen LogP contribution is 2.06. The van der Waals surface area contributed by atoms with E-state index in [4.69, 9.17) is 0 Å². The molecule has 0 spiro atoms. The highest BCUT2D eigenvalue weighted by molar-refractivity contribution is 4.99. The molecule has 18 heavy (non-hydrogen) atoms. The molecule has 0 unspecified atom stereocenters. The van der Waals surface area contributed by atoms with Crippen molar-refractivity contribution in [1.29, 1.82) is 0 Å². The van der Waals surface area contributed by atoms with Crippen LogP contribution < -0.4 is 0 Å². The normalized spacial score (nSPS) is 8.78. The minimum Gasteiger partial charge on any atom is -0.261 e. The van der Waals surface area contributed by atoms with E-state index in [2.05, 4.69) is 33.8 Å². The van der Waals surface area contributed by atoms with Gasteiger partial charge in [0, 0.05) is 31.0 Å². The van der Waals surface area contributed by atoms with E-state index in [1.807, 2.05) is 20.8 Å². The highest BCUT2D eigenvalue weighted by Gasteiger charge is 1.96. The van der Waals surface area contributed by atoms with Crippen molar-refractivity contribution in [3.8, 4) is 0 Å². The molecular formula is C14H22N4. The van der Waals surface area contributed by atoms with Gasteiger partial charge in [0.05, 0.1) is 5.69 Å². The van der Waals surface area contributed by atoms with Gasteiger partial charge in [0.25, 0.3) is 0 Å². The molecule has 98 valence electrons. The van der Waals surface area contributed by atoms with Crippen LogP contribution in [0.5, 0.6) is 0 Å². The van der Waals surface area contributed by atoms with E-state index in [-0.39, 0.29) is 0 Å². The molecule has 0 aliphatic rings. The van der Waals surface area contributed by atoms with E-state index in [1.54, 1.807) is 37.1 Å². The number of hydrogen-bond donors (Lipinski definition) is 0. The second-order valence-electron chi connectivity index (χ2n) is 3.58. The summed E-state index contributed by atoms with van der Waals surface area (Å²) in [6.07, 6.45) is 8.65. The Bertz CT molecular complexity index is 387. The molecule has 0 amide bonds. The van der Waals surface area contributed by atoms with Crippen LogP contribution in [0.25, 0.3) is 0 Å². The third-order valence-electron chi connectivity index (χ3n) is 1.87. The first kappa shape index (κ1) is 16.2. The van der Waals surface area contributed by atoms with Crippen LogP contribution in [0.2, 0.25) is 0 Å². The second kappa shape index (κ2) is 10.3. The molecule has 0 atom stereocenters. The predicted molar refractivity (Wildman–Crippen MR) is 74.2 cm³/mol. The molecule has 0 aliphatic carbocycles. The van der Waals surface area contributed by atoms with Crippen molar-refractivity contribution < 1.29 is 0 Å². The standard InChI is InChI=1S/C7H10N2.C5H6N2.C2H6/c1-6(2)7-5-8-3-4-9-7;1-5-6-3-2-4-7-5;1-2/h3-6H,1-2H3;2-4H,1H3;1-2H3. The first-order valence-electron chi connectivity index (χ1n) is 6.19. The van der Waals surface area contributed by atoms with Crippen molar-refractivity contribution in [2.45, 2.75) is 40.5 Å². The molecule has 0 N–H and O–H groups in total. The largest absolute Gasteiger partial charge is 0.261 e. The summed E-state index contributed by atoms with van der Waals surface area (Å²) in [5, 5.41) is 0. The average Bonchev–Trinajstić information content (AvgIpc) is 2.43. The smallest absolute Gasteiger partial charge is 0.125 e.